The maximum atomic E-state index is 14.0. The molecule has 0 N–H and O–H groups in total. The molecule has 0 radical (unpaired) electrons. The lowest BCUT2D eigenvalue weighted by Crippen LogP contribution is -2.25. The minimum Gasteiger partial charge on any atom is -0.309 e. The van der Waals surface area contributed by atoms with E-state index in [9.17, 15) is 8.96 Å². The Morgan fingerprint density at radius 1 is 0.727 bits per heavy atom. The van der Waals surface area contributed by atoms with Crippen LogP contribution < -0.4 is 15.9 Å². The van der Waals surface area contributed by atoms with Crippen LogP contribution in [-0.2, 0) is 4.57 Å². The van der Waals surface area contributed by atoms with E-state index in [2.05, 4.69) is 0 Å². The van der Waals surface area contributed by atoms with Gasteiger partial charge in [0, 0.05) is 15.9 Å². The van der Waals surface area contributed by atoms with Gasteiger partial charge in [0.05, 0.1) is 0 Å². The SMILES string of the molecule is Cc1ccc(P(=O)(c2ccccc2)c2ccccc2)cc1F. The molecule has 0 heterocycles. The van der Waals surface area contributed by atoms with Crippen molar-refractivity contribution in [1.82, 2.24) is 0 Å². The second-order valence-corrected chi connectivity index (χ2v) is 7.98. The van der Waals surface area contributed by atoms with Crippen LogP contribution in [0.3, 0.4) is 0 Å². The summed E-state index contributed by atoms with van der Waals surface area (Å²) < 4.78 is 27.9. The summed E-state index contributed by atoms with van der Waals surface area (Å²) >= 11 is 0. The lowest BCUT2D eigenvalue weighted by atomic mass is 10.2. The van der Waals surface area contributed by atoms with E-state index in [1.54, 1.807) is 19.1 Å². The number of halogens is 1. The third-order valence-electron chi connectivity index (χ3n) is 3.76. The van der Waals surface area contributed by atoms with E-state index in [-0.39, 0.29) is 5.82 Å². The van der Waals surface area contributed by atoms with Crippen LogP contribution in [0.5, 0.6) is 0 Å². The molecule has 3 rings (SSSR count). The summed E-state index contributed by atoms with van der Waals surface area (Å²) in [5, 5.41) is 1.95. The second kappa shape index (κ2) is 5.90. The van der Waals surface area contributed by atoms with E-state index in [1.165, 1.54) is 6.07 Å². The zero-order valence-corrected chi connectivity index (χ0v) is 13.1. The molecule has 110 valence electrons. The average molecular weight is 310 g/mol. The molecule has 0 aromatic heterocycles. The van der Waals surface area contributed by atoms with Crippen LogP contribution >= 0.6 is 7.14 Å². The van der Waals surface area contributed by atoms with Crippen LogP contribution in [0.4, 0.5) is 4.39 Å². The van der Waals surface area contributed by atoms with Crippen molar-refractivity contribution in [3.05, 3.63) is 90.2 Å². The molecule has 0 bridgehead atoms. The molecule has 22 heavy (non-hydrogen) atoms. The Morgan fingerprint density at radius 2 is 1.23 bits per heavy atom. The Kier molecular flexibility index (Phi) is 3.96. The summed E-state index contributed by atoms with van der Waals surface area (Å²) in [6.07, 6.45) is 0. The highest BCUT2D eigenvalue weighted by Crippen LogP contribution is 2.42. The molecule has 0 saturated heterocycles. The number of hydrogen-bond donors (Lipinski definition) is 0. The molecular formula is C19H16FOP. The summed E-state index contributed by atoms with van der Waals surface area (Å²) in [7, 11) is -3.06. The highest BCUT2D eigenvalue weighted by Gasteiger charge is 2.29. The van der Waals surface area contributed by atoms with E-state index in [0.29, 0.717) is 21.5 Å². The van der Waals surface area contributed by atoms with Crippen molar-refractivity contribution in [3.8, 4) is 0 Å². The Hall–Kier alpha value is -2.18. The van der Waals surface area contributed by atoms with Gasteiger partial charge in [-0.25, -0.2) is 4.39 Å². The van der Waals surface area contributed by atoms with Gasteiger partial charge < -0.3 is 4.57 Å². The third-order valence-corrected chi connectivity index (χ3v) is 6.81. The number of benzene rings is 3. The lowest BCUT2D eigenvalue weighted by molar-refractivity contribution is 0.591. The van der Waals surface area contributed by atoms with Crippen LogP contribution in [0.25, 0.3) is 0 Å². The van der Waals surface area contributed by atoms with Crippen molar-refractivity contribution in [2.24, 2.45) is 0 Å². The molecule has 0 saturated carbocycles. The van der Waals surface area contributed by atoms with Crippen molar-refractivity contribution in [3.63, 3.8) is 0 Å². The molecule has 0 aliphatic heterocycles. The molecular weight excluding hydrogens is 294 g/mol. The fourth-order valence-corrected chi connectivity index (χ4v) is 5.16. The van der Waals surface area contributed by atoms with Crippen molar-refractivity contribution in [2.45, 2.75) is 6.92 Å². The van der Waals surface area contributed by atoms with E-state index in [1.807, 2.05) is 60.7 Å². The molecule has 1 nitrogen and oxygen atoms in total. The number of hydrogen-bond acceptors (Lipinski definition) is 1. The van der Waals surface area contributed by atoms with Crippen LogP contribution in [0, 0.1) is 12.7 Å². The molecule has 0 atom stereocenters. The lowest BCUT2D eigenvalue weighted by Gasteiger charge is -2.20. The van der Waals surface area contributed by atoms with Gasteiger partial charge in [0.1, 0.15) is 5.82 Å². The number of rotatable bonds is 3. The first kappa shape index (κ1) is 14.7. The second-order valence-electron chi connectivity index (χ2n) is 5.21. The summed E-state index contributed by atoms with van der Waals surface area (Å²) in [6.45, 7) is 1.70. The summed E-state index contributed by atoms with van der Waals surface area (Å²) in [6, 6.07) is 23.4. The highest BCUT2D eigenvalue weighted by atomic mass is 31.2. The maximum Gasteiger partial charge on any atom is 0.171 e. The van der Waals surface area contributed by atoms with E-state index in [0.717, 1.165) is 0 Å². The summed E-state index contributed by atoms with van der Waals surface area (Å²) in [4.78, 5) is 0. The monoisotopic (exact) mass is 310 g/mol. The minimum absolute atomic E-state index is 0.329. The van der Waals surface area contributed by atoms with Crippen molar-refractivity contribution in [1.29, 1.82) is 0 Å². The third kappa shape index (κ3) is 2.51. The fraction of sp³-hybridized carbons (Fsp3) is 0.0526. The summed E-state index contributed by atoms with van der Waals surface area (Å²) in [5.41, 5.74) is 0.552. The van der Waals surface area contributed by atoms with Gasteiger partial charge in [-0.3, -0.25) is 0 Å². The molecule has 3 aromatic rings. The largest absolute Gasteiger partial charge is 0.309 e. The van der Waals surface area contributed by atoms with Gasteiger partial charge in [-0.15, -0.1) is 0 Å². The standard InChI is InChI=1S/C19H16FOP/c1-15-12-13-18(14-19(15)20)22(21,16-8-4-2-5-9-16)17-10-6-3-7-11-17/h2-14H,1H3. The van der Waals surface area contributed by atoms with Crippen LogP contribution in [0.1, 0.15) is 5.56 Å². The fourth-order valence-electron chi connectivity index (χ4n) is 2.50. The van der Waals surface area contributed by atoms with Gasteiger partial charge in [0.2, 0.25) is 0 Å². The zero-order chi connectivity index (χ0) is 15.6. The molecule has 3 aromatic carbocycles. The number of aryl methyl sites for hydroxylation is 1. The van der Waals surface area contributed by atoms with E-state index in [4.69, 9.17) is 0 Å². The molecule has 0 fully saturated rings. The minimum atomic E-state index is -3.06. The summed E-state index contributed by atoms with van der Waals surface area (Å²) in [5.74, 6) is -0.329. The molecule has 3 heteroatoms. The van der Waals surface area contributed by atoms with Gasteiger partial charge in [-0.05, 0) is 18.6 Å². The maximum absolute atomic E-state index is 14.0. The van der Waals surface area contributed by atoms with Crippen molar-refractivity contribution < 1.29 is 8.96 Å². The Morgan fingerprint density at radius 3 is 1.68 bits per heavy atom. The molecule has 0 aliphatic carbocycles. The smallest absolute Gasteiger partial charge is 0.171 e. The van der Waals surface area contributed by atoms with Crippen molar-refractivity contribution >= 4 is 23.1 Å². The molecule has 0 amide bonds. The Labute approximate surface area is 129 Å². The predicted octanol–water partition coefficient (Wildman–Crippen LogP) is 3.77. The molecule has 0 unspecified atom stereocenters. The van der Waals surface area contributed by atoms with Gasteiger partial charge in [-0.2, -0.15) is 0 Å². The normalized spacial score (nSPS) is 11.4. The van der Waals surface area contributed by atoms with Gasteiger partial charge in [0.15, 0.2) is 7.14 Å². The van der Waals surface area contributed by atoms with Gasteiger partial charge in [0.25, 0.3) is 0 Å². The Balaban J connectivity index is 2.28. The first-order valence-corrected chi connectivity index (χ1v) is 8.81. The van der Waals surface area contributed by atoms with Crippen LogP contribution in [0.2, 0.25) is 0 Å². The van der Waals surface area contributed by atoms with Crippen LogP contribution in [-0.4, -0.2) is 0 Å². The quantitative estimate of drug-likeness (QED) is 0.673. The zero-order valence-electron chi connectivity index (χ0n) is 12.2. The molecule has 0 spiro atoms. The average Bonchev–Trinajstić information content (AvgIpc) is 2.58. The van der Waals surface area contributed by atoms with Gasteiger partial charge >= 0.3 is 0 Å². The van der Waals surface area contributed by atoms with E-state index < -0.39 is 7.14 Å². The topological polar surface area (TPSA) is 17.1 Å². The molecule has 0 aliphatic rings. The first-order valence-electron chi connectivity index (χ1n) is 7.10. The van der Waals surface area contributed by atoms with Crippen molar-refractivity contribution in [2.75, 3.05) is 0 Å². The predicted molar refractivity (Wildman–Crippen MR) is 90.5 cm³/mol. The Bertz CT molecular complexity index is 785. The van der Waals surface area contributed by atoms with Gasteiger partial charge in [-0.1, -0.05) is 72.8 Å². The van der Waals surface area contributed by atoms with E-state index >= 15 is 0 Å². The first-order chi connectivity index (χ1) is 10.6. The highest BCUT2D eigenvalue weighted by molar-refractivity contribution is 7.85. The van der Waals surface area contributed by atoms with Crippen LogP contribution in [0.15, 0.2) is 78.9 Å².